The van der Waals surface area contributed by atoms with E-state index in [0.29, 0.717) is 16.5 Å². The molecule has 0 spiro atoms. The van der Waals surface area contributed by atoms with Crippen molar-refractivity contribution in [3.63, 3.8) is 0 Å². The van der Waals surface area contributed by atoms with Crippen LogP contribution < -0.4 is 10.1 Å². The quantitative estimate of drug-likeness (QED) is 0.595. The number of amides is 1. The molecular weight excluding hydrogens is 378 g/mol. The average Bonchev–Trinajstić information content (AvgIpc) is 2.73. The molecule has 6 heteroatoms. The first-order valence-electron chi connectivity index (χ1n) is 8.60. The molecule has 0 saturated carbocycles. The summed E-state index contributed by atoms with van der Waals surface area (Å²) in [5, 5.41) is 3.18. The Morgan fingerprint density at radius 2 is 1.50 bits per heavy atom. The maximum Gasteiger partial charge on any atom is 0.344 e. The lowest BCUT2D eigenvalue weighted by Gasteiger charge is -2.11. The van der Waals surface area contributed by atoms with Crippen LogP contribution >= 0.6 is 11.6 Å². The monoisotopic (exact) mass is 395 g/mol. The Hall–Kier alpha value is -3.31. The van der Waals surface area contributed by atoms with E-state index in [-0.39, 0.29) is 6.61 Å². The minimum absolute atomic E-state index is 0.294. The lowest BCUT2D eigenvalue weighted by molar-refractivity contribution is -0.149. The minimum Gasteiger partial charge on any atom is -0.481 e. The number of hydrogen-bond acceptors (Lipinski definition) is 4. The summed E-state index contributed by atoms with van der Waals surface area (Å²) in [7, 11) is 0. The van der Waals surface area contributed by atoms with Gasteiger partial charge in [0.25, 0.3) is 5.91 Å². The smallest absolute Gasteiger partial charge is 0.344 e. The molecule has 3 aromatic rings. The molecule has 0 saturated heterocycles. The van der Waals surface area contributed by atoms with Crippen molar-refractivity contribution in [2.24, 2.45) is 0 Å². The fourth-order valence-corrected chi connectivity index (χ4v) is 2.63. The summed E-state index contributed by atoms with van der Waals surface area (Å²) < 4.78 is 10.6. The highest BCUT2D eigenvalue weighted by atomic mass is 35.5. The zero-order valence-corrected chi connectivity index (χ0v) is 15.7. The molecular formula is C22H18ClNO4. The Labute approximate surface area is 167 Å². The number of rotatable bonds is 7. The van der Waals surface area contributed by atoms with E-state index < -0.39 is 18.5 Å². The predicted molar refractivity (Wildman–Crippen MR) is 108 cm³/mol. The van der Waals surface area contributed by atoms with Gasteiger partial charge in [0.15, 0.2) is 13.2 Å². The van der Waals surface area contributed by atoms with Crippen molar-refractivity contribution in [3.05, 3.63) is 83.9 Å². The molecule has 3 aromatic carbocycles. The number of esters is 1. The van der Waals surface area contributed by atoms with Crippen LogP contribution in [-0.4, -0.2) is 25.1 Å². The van der Waals surface area contributed by atoms with Gasteiger partial charge < -0.3 is 14.8 Å². The molecule has 1 N–H and O–H groups in total. The van der Waals surface area contributed by atoms with Gasteiger partial charge in [0.05, 0.1) is 0 Å². The van der Waals surface area contributed by atoms with E-state index in [1.165, 1.54) is 0 Å². The fourth-order valence-electron chi connectivity index (χ4n) is 2.50. The Balaban J connectivity index is 1.50. The highest BCUT2D eigenvalue weighted by Crippen LogP contribution is 2.29. The van der Waals surface area contributed by atoms with Crippen molar-refractivity contribution >= 4 is 29.2 Å². The van der Waals surface area contributed by atoms with Crippen LogP contribution in [0.15, 0.2) is 78.9 Å². The third-order valence-electron chi connectivity index (χ3n) is 3.81. The molecule has 5 nitrogen and oxygen atoms in total. The molecule has 0 radical (unpaired) electrons. The Bertz CT molecular complexity index is 942. The molecule has 0 aromatic heterocycles. The van der Waals surface area contributed by atoms with Crippen LogP contribution in [0.5, 0.6) is 5.75 Å². The summed E-state index contributed by atoms with van der Waals surface area (Å²) in [6.45, 7) is -0.691. The Morgan fingerprint density at radius 3 is 2.25 bits per heavy atom. The molecule has 0 unspecified atom stereocenters. The van der Waals surface area contributed by atoms with Crippen LogP contribution in [0.4, 0.5) is 5.69 Å². The molecule has 0 atom stereocenters. The van der Waals surface area contributed by atoms with Crippen molar-refractivity contribution in [2.75, 3.05) is 18.5 Å². The number of hydrogen-bond donors (Lipinski definition) is 1. The standard InChI is InChI=1S/C22H18ClNO4/c23-17-10-12-18(13-11-17)24-21(25)14-28-22(26)15-27-20-9-5-4-8-19(20)16-6-2-1-3-7-16/h1-13H,14-15H2,(H,24,25). The number of halogens is 1. The third kappa shape index (κ3) is 5.59. The summed E-state index contributed by atoms with van der Waals surface area (Å²) in [5.41, 5.74) is 2.42. The van der Waals surface area contributed by atoms with Gasteiger partial charge >= 0.3 is 5.97 Å². The second-order valence-corrected chi connectivity index (χ2v) is 6.30. The van der Waals surface area contributed by atoms with Crippen LogP contribution in [0.25, 0.3) is 11.1 Å². The Morgan fingerprint density at radius 1 is 0.821 bits per heavy atom. The number of nitrogens with one attached hydrogen (secondary N) is 1. The van der Waals surface area contributed by atoms with Crippen LogP contribution in [0.3, 0.4) is 0 Å². The van der Waals surface area contributed by atoms with Gasteiger partial charge in [-0.25, -0.2) is 4.79 Å². The molecule has 0 fully saturated rings. The first-order valence-corrected chi connectivity index (χ1v) is 8.98. The van der Waals surface area contributed by atoms with E-state index in [4.69, 9.17) is 21.1 Å². The zero-order chi connectivity index (χ0) is 19.8. The Kier molecular flexibility index (Phi) is 6.65. The second-order valence-electron chi connectivity index (χ2n) is 5.87. The summed E-state index contributed by atoms with van der Waals surface area (Å²) in [5.74, 6) is -0.509. The molecule has 142 valence electrons. The molecule has 0 aliphatic heterocycles. The number of carbonyl (C=O) groups excluding carboxylic acids is 2. The normalized spacial score (nSPS) is 10.2. The fraction of sp³-hybridized carbons (Fsp3) is 0.0909. The van der Waals surface area contributed by atoms with E-state index in [0.717, 1.165) is 11.1 Å². The van der Waals surface area contributed by atoms with Gasteiger partial charge in [-0.05, 0) is 35.9 Å². The van der Waals surface area contributed by atoms with Gasteiger partial charge in [-0.15, -0.1) is 0 Å². The molecule has 0 aliphatic rings. The van der Waals surface area contributed by atoms with Crippen molar-refractivity contribution in [1.29, 1.82) is 0 Å². The topological polar surface area (TPSA) is 64.6 Å². The summed E-state index contributed by atoms with van der Waals surface area (Å²) in [6, 6.07) is 23.8. The van der Waals surface area contributed by atoms with Crippen LogP contribution in [0.1, 0.15) is 0 Å². The van der Waals surface area contributed by atoms with Crippen LogP contribution in [0.2, 0.25) is 5.02 Å². The minimum atomic E-state index is -0.630. The first kappa shape index (κ1) is 19.5. The lowest BCUT2D eigenvalue weighted by Crippen LogP contribution is -2.23. The number of para-hydroxylation sites is 1. The number of benzene rings is 3. The molecule has 1 amide bonds. The maximum atomic E-state index is 11.9. The zero-order valence-electron chi connectivity index (χ0n) is 14.9. The van der Waals surface area contributed by atoms with Gasteiger partial charge in [-0.2, -0.15) is 0 Å². The molecule has 0 bridgehead atoms. The first-order chi connectivity index (χ1) is 13.6. The van der Waals surface area contributed by atoms with Gasteiger partial charge in [0.1, 0.15) is 5.75 Å². The molecule has 28 heavy (non-hydrogen) atoms. The largest absolute Gasteiger partial charge is 0.481 e. The van der Waals surface area contributed by atoms with Gasteiger partial charge in [-0.3, -0.25) is 4.79 Å². The summed E-state index contributed by atoms with van der Waals surface area (Å²) >= 11 is 5.79. The summed E-state index contributed by atoms with van der Waals surface area (Å²) in [6.07, 6.45) is 0. The third-order valence-corrected chi connectivity index (χ3v) is 4.06. The SMILES string of the molecule is O=C(COC(=O)COc1ccccc1-c1ccccc1)Nc1ccc(Cl)cc1. The highest BCUT2D eigenvalue weighted by molar-refractivity contribution is 6.30. The average molecular weight is 396 g/mol. The van der Waals surface area contributed by atoms with E-state index in [1.807, 2.05) is 48.5 Å². The van der Waals surface area contributed by atoms with Crippen molar-refractivity contribution in [1.82, 2.24) is 0 Å². The number of anilines is 1. The second kappa shape index (κ2) is 9.58. The maximum absolute atomic E-state index is 11.9. The molecule has 0 aliphatic carbocycles. The molecule has 0 heterocycles. The number of ether oxygens (including phenoxy) is 2. The number of carbonyl (C=O) groups is 2. The predicted octanol–water partition coefficient (Wildman–Crippen LogP) is 4.57. The lowest BCUT2D eigenvalue weighted by atomic mass is 10.1. The van der Waals surface area contributed by atoms with Crippen molar-refractivity contribution in [2.45, 2.75) is 0 Å². The summed E-state index contributed by atoms with van der Waals surface area (Å²) in [4.78, 5) is 23.8. The van der Waals surface area contributed by atoms with Crippen molar-refractivity contribution in [3.8, 4) is 16.9 Å². The van der Waals surface area contributed by atoms with Crippen LogP contribution in [-0.2, 0) is 14.3 Å². The van der Waals surface area contributed by atoms with Gasteiger partial charge in [0.2, 0.25) is 0 Å². The molecule has 3 rings (SSSR count). The van der Waals surface area contributed by atoms with E-state index >= 15 is 0 Å². The van der Waals surface area contributed by atoms with E-state index in [2.05, 4.69) is 5.32 Å². The van der Waals surface area contributed by atoms with Crippen LogP contribution in [0, 0.1) is 0 Å². The highest BCUT2D eigenvalue weighted by Gasteiger charge is 2.11. The van der Waals surface area contributed by atoms with E-state index in [1.54, 1.807) is 30.3 Å². The van der Waals surface area contributed by atoms with E-state index in [9.17, 15) is 9.59 Å². The van der Waals surface area contributed by atoms with Gasteiger partial charge in [-0.1, -0.05) is 60.1 Å². The van der Waals surface area contributed by atoms with Crippen molar-refractivity contribution < 1.29 is 19.1 Å². The van der Waals surface area contributed by atoms with Gasteiger partial charge in [0, 0.05) is 16.3 Å².